The van der Waals surface area contributed by atoms with Gasteiger partial charge in [-0.25, -0.2) is 14.6 Å². The molecule has 0 aliphatic heterocycles. The number of hydrogen-bond acceptors (Lipinski definition) is 7. The van der Waals surface area contributed by atoms with Crippen molar-refractivity contribution in [2.45, 2.75) is 13.0 Å². The first-order chi connectivity index (χ1) is 15.6. The number of aromatic nitrogens is 4. The van der Waals surface area contributed by atoms with Crippen molar-refractivity contribution in [1.29, 1.82) is 0 Å². The quantitative estimate of drug-likeness (QED) is 0.308. The Morgan fingerprint density at radius 3 is 2.62 bits per heavy atom. The van der Waals surface area contributed by atoms with Crippen LogP contribution in [0.5, 0.6) is 0 Å². The highest BCUT2D eigenvalue weighted by atomic mass is 16.6. The first kappa shape index (κ1) is 20.9. The van der Waals surface area contributed by atoms with Gasteiger partial charge in [-0.15, -0.1) is 0 Å². The van der Waals surface area contributed by atoms with Crippen LogP contribution >= 0.6 is 0 Å². The largest absolute Gasteiger partial charge is 0.369 e. The molecular formula is C22H21N7O3. The summed E-state index contributed by atoms with van der Waals surface area (Å²) in [6.07, 6.45) is 4.01. The van der Waals surface area contributed by atoms with E-state index < -0.39 is 10.8 Å². The van der Waals surface area contributed by atoms with Gasteiger partial charge in [0.1, 0.15) is 17.7 Å². The third-order valence-electron chi connectivity index (χ3n) is 4.94. The number of carbonyl (C=O) groups excluding carboxylic acids is 1. The average Bonchev–Trinajstić information content (AvgIpc) is 3.23. The lowest BCUT2D eigenvalue weighted by molar-refractivity contribution is -0.385. The molecule has 0 saturated carbocycles. The molecule has 10 nitrogen and oxygen atoms in total. The monoisotopic (exact) mass is 431 g/mol. The highest BCUT2D eigenvalue weighted by molar-refractivity contribution is 5.98. The first-order valence-electron chi connectivity index (χ1n) is 10.1. The molecule has 0 fully saturated rings. The van der Waals surface area contributed by atoms with Crippen molar-refractivity contribution < 1.29 is 9.72 Å². The van der Waals surface area contributed by atoms with Crippen LogP contribution in [0.3, 0.4) is 0 Å². The molecule has 0 atom stereocenters. The van der Waals surface area contributed by atoms with Gasteiger partial charge >= 0.3 is 0 Å². The van der Waals surface area contributed by atoms with Crippen molar-refractivity contribution in [2.24, 2.45) is 0 Å². The molecule has 1 amide bonds. The molecule has 2 aromatic carbocycles. The van der Waals surface area contributed by atoms with E-state index in [1.54, 1.807) is 16.9 Å². The van der Waals surface area contributed by atoms with Gasteiger partial charge in [-0.2, -0.15) is 5.10 Å². The van der Waals surface area contributed by atoms with Gasteiger partial charge in [-0.1, -0.05) is 42.5 Å². The van der Waals surface area contributed by atoms with E-state index in [0.29, 0.717) is 24.6 Å². The minimum Gasteiger partial charge on any atom is -0.369 e. The number of anilines is 1. The molecular weight excluding hydrogens is 410 g/mol. The second kappa shape index (κ2) is 9.65. The topological polar surface area (TPSA) is 128 Å². The number of fused-ring (bicyclic) bond motifs is 1. The van der Waals surface area contributed by atoms with E-state index in [9.17, 15) is 14.9 Å². The number of amides is 1. The van der Waals surface area contributed by atoms with Gasteiger partial charge in [0.15, 0.2) is 5.65 Å². The third kappa shape index (κ3) is 4.69. The van der Waals surface area contributed by atoms with Gasteiger partial charge in [0.2, 0.25) is 0 Å². The van der Waals surface area contributed by atoms with Gasteiger partial charge in [0.05, 0.1) is 23.1 Å². The molecule has 0 aliphatic rings. The van der Waals surface area contributed by atoms with Gasteiger partial charge in [0.25, 0.3) is 11.6 Å². The number of nitro benzene ring substituents is 1. The number of nitro groups is 1. The van der Waals surface area contributed by atoms with E-state index >= 15 is 0 Å². The van der Waals surface area contributed by atoms with Crippen LogP contribution in [0, 0.1) is 10.1 Å². The van der Waals surface area contributed by atoms with Crippen molar-refractivity contribution in [3.05, 3.63) is 88.4 Å². The number of rotatable bonds is 9. The summed E-state index contributed by atoms with van der Waals surface area (Å²) in [5.74, 6) is 0.188. The molecule has 2 N–H and O–H groups in total. The van der Waals surface area contributed by atoms with Crippen LogP contribution in [-0.2, 0) is 13.0 Å². The third-order valence-corrected chi connectivity index (χ3v) is 4.94. The van der Waals surface area contributed by atoms with Crippen LogP contribution in [0.25, 0.3) is 11.0 Å². The van der Waals surface area contributed by atoms with E-state index in [2.05, 4.69) is 37.8 Å². The molecule has 0 aliphatic carbocycles. The van der Waals surface area contributed by atoms with Crippen LogP contribution in [0.2, 0.25) is 0 Å². The van der Waals surface area contributed by atoms with E-state index in [1.165, 1.54) is 30.1 Å². The maximum Gasteiger partial charge on any atom is 0.282 e. The van der Waals surface area contributed by atoms with Gasteiger partial charge in [-0.05, 0) is 18.1 Å². The van der Waals surface area contributed by atoms with Crippen molar-refractivity contribution in [3.8, 4) is 0 Å². The number of para-hydroxylation sites is 1. The fraction of sp³-hybridized carbons (Fsp3) is 0.182. The zero-order chi connectivity index (χ0) is 22.3. The lowest BCUT2D eigenvalue weighted by Crippen LogP contribution is -2.28. The fourth-order valence-electron chi connectivity index (χ4n) is 3.36. The molecule has 0 radical (unpaired) electrons. The number of hydrogen-bond donors (Lipinski definition) is 2. The summed E-state index contributed by atoms with van der Waals surface area (Å²) < 4.78 is 1.67. The lowest BCUT2D eigenvalue weighted by Gasteiger charge is -2.08. The normalized spacial score (nSPS) is 10.8. The predicted molar refractivity (Wildman–Crippen MR) is 119 cm³/mol. The summed E-state index contributed by atoms with van der Waals surface area (Å²) in [6.45, 7) is 1.31. The summed E-state index contributed by atoms with van der Waals surface area (Å²) in [7, 11) is 0. The molecule has 32 heavy (non-hydrogen) atoms. The van der Waals surface area contributed by atoms with Crippen LogP contribution in [-0.4, -0.2) is 43.7 Å². The van der Waals surface area contributed by atoms with Crippen molar-refractivity contribution >= 4 is 28.4 Å². The molecule has 4 rings (SSSR count). The average molecular weight is 431 g/mol. The Hall–Kier alpha value is -4.34. The molecule has 162 valence electrons. The molecule has 0 saturated heterocycles. The Labute approximate surface area is 183 Å². The fourth-order valence-corrected chi connectivity index (χ4v) is 3.36. The molecule has 0 unspecified atom stereocenters. The zero-order valence-corrected chi connectivity index (χ0v) is 17.1. The lowest BCUT2D eigenvalue weighted by atomic mass is 10.1. The summed E-state index contributed by atoms with van der Waals surface area (Å²) in [5, 5.41) is 22.3. The molecule has 2 heterocycles. The summed E-state index contributed by atoms with van der Waals surface area (Å²) >= 11 is 0. The van der Waals surface area contributed by atoms with Gasteiger partial charge < -0.3 is 10.6 Å². The van der Waals surface area contributed by atoms with Crippen LogP contribution in [0.15, 0.2) is 67.1 Å². The van der Waals surface area contributed by atoms with E-state index in [1.807, 2.05) is 18.2 Å². The maximum absolute atomic E-state index is 12.4. The Morgan fingerprint density at radius 1 is 1.03 bits per heavy atom. The minimum atomic E-state index is -0.570. The Morgan fingerprint density at radius 2 is 1.81 bits per heavy atom. The van der Waals surface area contributed by atoms with Crippen molar-refractivity contribution in [3.63, 3.8) is 0 Å². The van der Waals surface area contributed by atoms with Crippen molar-refractivity contribution in [1.82, 2.24) is 25.1 Å². The zero-order valence-electron chi connectivity index (χ0n) is 17.1. The summed E-state index contributed by atoms with van der Waals surface area (Å²) in [6, 6.07) is 16.0. The van der Waals surface area contributed by atoms with Crippen molar-refractivity contribution in [2.75, 3.05) is 18.4 Å². The molecule has 10 heteroatoms. The van der Waals surface area contributed by atoms with Crippen LogP contribution in [0.4, 0.5) is 11.5 Å². The highest BCUT2D eigenvalue weighted by Gasteiger charge is 2.19. The number of nitrogens with one attached hydrogen (secondary N) is 2. The van der Waals surface area contributed by atoms with Crippen LogP contribution < -0.4 is 10.6 Å². The summed E-state index contributed by atoms with van der Waals surface area (Å²) in [4.78, 5) is 31.5. The number of benzene rings is 2. The molecule has 2 aromatic heterocycles. The Kier molecular flexibility index (Phi) is 6.30. The molecule has 0 spiro atoms. The molecule has 4 aromatic rings. The van der Waals surface area contributed by atoms with E-state index in [0.717, 1.165) is 11.8 Å². The van der Waals surface area contributed by atoms with Gasteiger partial charge in [-0.3, -0.25) is 14.9 Å². The first-order valence-corrected chi connectivity index (χ1v) is 10.1. The number of carbonyl (C=O) groups is 1. The number of nitrogens with zero attached hydrogens (tertiary/aromatic N) is 5. The predicted octanol–water partition coefficient (Wildman–Crippen LogP) is 2.82. The molecule has 0 bridgehead atoms. The summed E-state index contributed by atoms with van der Waals surface area (Å²) in [5.41, 5.74) is 1.67. The van der Waals surface area contributed by atoms with Gasteiger partial charge in [0, 0.05) is 19.2 Å². The maximum atomic E-state index is 12.4. The SMILES string of the molecule is O=C(NCCn1ncc2c(NCCc3ccccc3)ncnc21)c1ccccc1[N+](=O)[O-]. The van der Waals surface area contributed by atoms with Crippen LogP contribution in [0.1, 0.15) is 15.9 Å². The van der Waals surface area contributed by atoms with E-state index in [-0.39, 0.29) is 17.8 Å². The second-order valence-electron chi connectivity index (χ2n) is 7.02. The minimum absolute atomic E-state index is 0.0232. The standard InChI is InChI=1S/C22H21N7O3/c30-22(17-8-4-5-9-19(17)29(31)32)24-12-13-28-21-18(14-27-28)20(25-15-26-21)23-11-10-16-6-2-1-3-7-16/h1-9,14-15H,10-13H2,(H,24,30)(H,23,25,26). The second-order valence-corrected chi connectivity index (χ2v) is 7.02. The Bertz CT molecular complexity index is 1240. The van der Waals surface area contributed by atoms with E-state index in [4.69, 9.17) is 0 Å². The Balaban J connectivity index is 1.38. The highest BCUT2D eigenvalue weighted by Crippen LogP contribution is 2.19. The smallest absolute Gasteiger partial charge is 0.282 e.